The molecule has 0 aromatic rings. The van der Waals surface area contributed by atoms with Gasteiger partial charge in [0.15, 0.2) is 0 Å². The Morgan fingerprint density at radius 1 is 1.50 bits per heavy atom. The fraction of sp³-hybridized carbons (Fsp3) is 0.600. The van der Waals surface area contributed by atoms with Gasteiger partial charge in [-0.25, -0.2) is 4.79 Å². The Morgan fingerprint density at radius 3 is 2.39 bits per heavy atom. The number of hydrogen-bond donors (Lipinski definition) is 3. The summed E-state index contributed by atoms with van der Waals surface area (Å²) in [6.45, 7) is 4.75. The van der Waals surface area contributed by atoms with Gasteiger partial charge in [-0.05, 0) is 12.8 Å². The molecule has 1 amide bonds. The Balaban J connectivity index is 0.000000360. The summed E-state index contributed by atoms with van der Waals surface area (Å²) >= 11 is 5.98. The van der Waals surface area contributed by atoms with Crippen LogP contribution in [0.5, 0.6) is 0 Å². The maximum absolute atomic E-state index is 10.2. The van der Waals surface area contributed by atoms with E-state index in [1.165, 1.54) is 16.8 Å². The van der Waals surface area contributed by atoms with E-state index in [-0.39, 0.29) is 5.17 Å². The van der Waals surface area contributed by atoms with Crippen LogP contribution in [-0.4, -0.2) is 49.8 Å². The molecule has 4 N–H and O–H groups in total. The minimum atomic E-state index is -1.31. The number of hydroxylamine groups is 1. The van der Waals surface area contributed by atoms with Crippen LogP contribution in [0.1, 0.15) is 19.3 Å². The third-order valence-corrected chi connectivity index (χ3v) is 3.16. The van der Waals surface area contributed by atoms with Crippen LogP contribution in [0.4, 0.5) is 4.79 Å². The van der Waals surface area contributed by atoms with Gasteiger partial charge in [-0.2, -0.15) is 5.01 Å². The van der Waals surface area contributed by atoms with Gasteiger partial charge in [-0.1, -0.05) is 36.5 Å². The molecule has 1 rings (SSSR count). The zero-order valence-corrected chi connectivity index (χ0v) is 11.8. The Morgan fingerprint density at radius 2 is 2.06 bits per heavy atom. The summed E-state index contributed by atoms with van der Waals surface area (Å²) in [5, 5.41) is 19.0. The van der Waals surface area contributed by atoms with Crippen LogP contribution in [0.3, 0.4) is 0 Å². The monoisotopic (exact) mass is 293 g/mol. The number of piperidine rings is 1. The predicted molar refractivity (Wildman–Crippen MR) is 76.5 cm³/mol. The molecule has 1 fully saturated rings. The predicted octanol–water partition coefficient (Wildman–Crippen LogP) is 1.91. The highest BCUT2D eigenvalue weighted by Crippen LogP contribution is 2.09. The molecule has 1 aliphatic heterocycles. The smallest absolute Gasteiger partial charge is 0.447 e. The standard InChI is InChI=1S/C6H12N2O3.C4H7NS2/c9-6(10)8(11)7-4-2-1-3-5-7;1-2-3-7-4(5)6/h11H,1-5H2,(H,9,10);2H,1,3H2,(H2,5,6). The van der Waals surface area contributed by atoms with Crippen molar-refractivity contribution in [3.05, 3.63) is 12.7 Å². The Labute approximate surface area is 116 Å². The number of amides is 1. The van der Waals surface area contributed by atoms with Crippen molar-refractivity contribution in [2.45, 2.75) is 19.3 Å². The third-order valence-electron chi connectivity index (χ3n) is 2.11. The highest BCUT2D eigenvalue weighted by Gasteiger charge is 2.20. The van der Waals surface area contributed by atoms with Gasteiger partial charge in [0.25, 0.3) is 0 Å². The van der Waals surface area contributed by atoms with Crippen LogP contribution in [-0.2, 0) is 0 Å². The molecular formula is C10H19N3O3S2. The van der Waals surface area contributed by atoms with Crippen molar-refractivity contribution < 1.29 is 15.1 Å². The van der Waals surface area contributed by atoms with Crippen molar-refractivity contribution in [3.63, 3.8) is 0 Å². The molecule has 0 aromatic heterocycles. The van der Waals surface area contributed by atoms with Gasteiger partial charge in [0.1, 0.15) is 4.32 Å². The maximum atomic E-state index is 10.2. The molecule has 0 spiro atoms. The molecule has 1 aliphatic rings. The van der Waals surface area contributed by atoms with Gasteiger partial charge >= 0.3 is 6.09 Å². The van der Waals surface area contributed by atoms with Gasteiger partial charge < -0.3 is 10.8 Å². The van der Waals surface area contributed by atoms with Gasteiger partial charge in [-0.15, -0.1) is 11.8 Å². The topological polar surface area (TPSA) is 90.0 Å². The molecular weight excluding hydrogens is 274 g/mol. The third kappa shape index (κ3) is 8.29. The van der Waals surface area contributed by atoms with E-state index in [1.54, 1.807) is 6.08 Å². The number of carboxylic acid groups (broad SMARTS) is 1. The van der Waals surface area contributed by atoms with E-state index in [0.717, 1.165) is 25.0 Å². The quantitative estimate of drug-likeness (QED) is 0.317. The Kier molecular flexibility index (Phi) is 9.66. The average Bonchev–Trinajstić information content (AvgIpc) is 2.37. The number of nitrogens with two attached hydrogens (primary N) is 1. The van der Waals surface area contributed by atoms with Gasteiger partial charge in [0.2, 0.25) is 0 Å². The lowest BCUT2D eigenvalue weighted by molar-refractivity contribution is -0.216. The summed E-state index contributed by atoms with van der Waals surface area (Å²) in [4.78, 5) is 10.2. The van der Waals surface area contributed by atoms with E-state index in [2.05, 4.69) is 18.8 Å². The SMILES string of the molecule is C=CCSC(N)=S.O=C(O)N(O)N1CCCCC1. The number of thiocarbonyl (C=S) groups is 1. The number of carbonyl (C=O) groups is 1. The zero-order valence-electron chi connectivity index (χ0n) is 10.1. The minimum absolute atomic E-state index is 0.277. The lowest BCUT2D eigenvalue weighted by Crippen LogP contribution is -2.46. The molecule has 104 valence electrons. The van der Waals surface area contributed by atoms with E-state index < -0.39 is 6.09 Å². The normalized spacial score (nSPS) is 15.2. The number of hydrazine groups is 1. The number of hydrogen-bond acceptors (Lipinski definition) is 5. The molecule has 6 nitrogen and oxygen atoms in total. The molecule has 0 atom stereocenters. The second-order valence-corrected chi connectivity index (χ2v) is 5.27. The molecule has 1 heterocycles. The molecule has 0 unspecified atom stereocenters. The molecule has 0 radical (unpaired) electrons. The lowest BCUT2D eigenvalue weighted by atomic mass is 10.2. The summed E-state index contributed by atoms with van der Waals surface area (Å²) in [5.74, 6) is 0.815. The van der Waals surface area contributed by atoms with Crippen molar-refractivity contribution in [2.24, 2.45) is 5.73 Å². The average molecular weight is 293 g/mol. The molecule has 0 aliphatic carbocycles. The van der Waals surface area contributed by atoms with Gasteiger partial charge in [-0.3, -0.25) is 5.21 Å². The zero-order chi connectivity index (χ0) is 14.0. The van der Waals surface area contributed by atoms with Crippen LogP contribution in [0, 0.1) is 0 Å². The molecule has 8 heteroatoms. The van der Waals surface area contributed by atoms with Gasteiger partial charge in [0.05, 0.1) is 0 Å². The molecule has 18 heavy (non-hydrogen) atoms. The highest BCUT2D eigenvalue weighted by atomic mass is 32.2. The van der Waals surface area contributed by atoms with E-state index in [4.69, 9.17) is 16.0 Å². The second-order valence-electron chi connectivity index (χ2n) is 3.51. The maximum Gasteiger partial charge on any atom is 0.447 e. The lowest BCUT2D eigenvalue weighted by Gasteiger charge is -2.30. The van der Waals surface area contributed by atoms with E-state index in [0.29, 0.717) is 17.4 Å². The minimum Gasteiger partial charge on any atom is -0.462 e. The summed E-state index contributed by atoms with van der Waals surface area (Å²) in [5.41, 5.74) is 5.13. The summed E-state index contributed by atoms with van der Waals surface area (Å²) in [6, 6.07) is 0. The number of nitrogens with zero attached hydrogens (tertiary/aromatic N) is 2. The van der Waals surface area contributed by atoms with E-state index >= 15 is 0 Å². The van der Waals surface area contributed by atoms with Crippen molar-refractivity contribution >= 4 is 34.4 Å². The fourth-order valence-corrected chi connectivity index (χ4v) is 1.81. The van der Waals surface area contributed by atoms with Crippen molar-refractivity contribution in [1.82, 2.24) is 10.2 Å². The first-order valence-electron chi connectivity index (χ1n) is 5.49. The van der Waals surface area contributed by atoms with Crippen LogP contribution >= 0.6 is 24.0 Å². The van der Waals surface area contributed by atoms with Crippen LogP contribution in [0.25, 0.3) is 0 Å². The summed E-state index contributed by atoms with van der Waals surface area (Å²) in [7, 11) is 0. The first kappa shape index (κ1) is 17.2. The Hall–Kier alpha value is -0.830. The molecule has 1 saturated heterocycles. The number of rotatable bonds is 3. The van der Waals surface area contributed by atoms with E-state index in [1.807, 2.05) is 0 Å². The highest BCUT2D eigenvalue weighted by molar-refractivity contribution is 8.23. The summed E-state index contributed by atoms with van der Waals surface area (Å²) < 4.78 is 0.486. The van der Waals surface area contributed by atoms with Gasteiger partial charge in [0, 0.05) is 18.8 Å². The summed E-state index contributed by atoms with van der Waals surface area (Å²) in [6.07, 6.45) is 3.47. The van der Waals surface area contributed by atoms with Crippen molar-refractivity contribution in [2.75, 3.05) is 18.8 Å². The largest absolute Gasteiger partial charge is 0.462 e. The van der Waals surface area contributed by atoms with E-state index in [9.17, 15) is 4.79 Å². The first-order chi connectivity index (χ1) is 8.49. The fourth-order valence-electron chi connectivity index (χ4n) is 1.33. The van der Waals surface area contributed by atoms with Crippen LogP contribution < -0.4 is 5.73 Å². The molecule has 0 aromatic carbocycles. The van der Waals surface area contributed by atoms with Crippen LogP contribution in [0.15, 0.2) is 12.7 Å². The van der Waals surface area contributed by atoms with Crippen molar-refractivity contribution in [1.29, 1.82) is 0 Å². The van der Waals surface area contributed by atoms with Crippen LogP contribution in [0.2, 0.25) is 0 Å². The first-order valence-corrected chi connectivity index (χ1v) is 6.88. The molecule has 0 saturated carbocycles. The second kappa shape index (κ2) is 10.1. The number of thioether (sulfide) groups is 1. The molecule has 0 bridgehead atoms. The van der Waals surface area contributed by atoms with Crippen molar-refractivity contribution in [3.8, 4) is 0 Å². The Bertz CT molecular complexity index is 284.